The summed E-state index contributed by atoms with van der Waals surface area (Å²) in [5, 5.41) is 6.57. The molecular weight excluding hydrogens is 200 g/mol. The SMILES string of the molecule is O=C(NC1CCCCC1)C1CCCCCN1. The first-order valence-electron chi connectivity index (χ1n) is 6.90. The number of rotatable bonds is 2. The Labute approximate surface area is 98.4 Å². The number of hydrogen-bond acceptors (Lipinski definition) is 2. The van der Waals surface area contributed by atoms with Gasteiger partial charge in [-0.05, 0) is 32.2 Å². The Bertz CT molecular complexity index is 216. The zero-order valence-corrected chi connectivity index (χ0v) is 10.1. The largest absolute Gasteiger partial charge is 0.352 e. The molecule has 0 aromatic rings. The highest BCUT2D eigenvalue weighted by molar-refractivity contribution is 5.82. The van der Waals surface area contributed by atoms with Gasteiger partial charge in [0.15, 0.2) is 0 Å². The number of carbonyl (C=O) groups excluding carboxylic acids is 1. The Hall–Kier alpha value is -0.570. The van der Waals surface area contributed by atoms with E-state index in [2.05, 4.69) is 10.6 Å². The molecule has 3 nitrogen and oxygen atoms in total. The molecule has 1 saturated heterocycles. The third-order valence-corrected chi connectivity index (χ3v) is 3.83. The van der Waals surface area contributed by atoms with Crippen LogP contribution >= 0.6 is 0 Å². The van der Waals surface area contributed by atoms with Crippen LogP contribution in [-0.4, -0.2) is 24.5 Å². The van der Waals surface area contributed by atoms with Crippen LogP contribution in [0.4, 0.5) is 0 Å². The van der Waals surface area contributed by atoms with E-state index in [0.29, 0.717) is 6.04 Å². The van der Waals surface area contributed by atoms with Crippen molar-refractivity contribution in [2.24, 2.45) is 0 Å². The number of hydrogen-bond donors (Lipinski definition) is 2. The molecule has 1 heterocycles. The van der Waals surface area contributed by atoms with Gasteiger partial charge < -0.3 is 10.6 Å². The van der Waals surface area contributed by atoms with Crippen LogP contribution in [0.2, 0.25) is 0 Å². The maximum absolute atomic E-state index is 12.0. The highest BCUT2D eigenvalue weighted by Gasteiger charge is 2.22. The fourth-order valence-electron chi connectivity index (χ4n) is 2.80. The summed E-state index contributed by atoms with van der Waals surface area (Å²) in [5.74, 6) is 0.244. The second kappa shape index (κ2) is 6.24. The van der Waals surface area contributed by atoms with Crippen molar-refractivity contribution in [3.05, 3.63) is 0 Å². The van der Waals surface area contributed by atoms with Crippen molar-refractivity contribution in [2.75, 3.05) is 6.54 Å². The fraction of sp³-hybridized carbons (Fsp3) is 0.923. The summed E-state index contributed by atoms with van der Waals surface area (Å²) < 4.78 is 0. The molecule has 1 amide bonds. The number of nitrogens with one attached hydrogen (secondary N) is 2. The molecule has 2 N–H and O–H groups in total. The molecule has 2 fully saturated rings. The molecule has 2 aliphatic rings. The van der Waals surface area contributed by atoms with Crippen LogP contribution in [0.3, 0.4) is 0 Å². The second-order valence-corrected chi connectivity index (χ2v) is 5.20. The highest BCUT2D eigenvalue weighted by atomic mass is 16.2. The molecule has 0 bridgehead atoms. The van der Waals surface area contributed by atoms with Crippen molar-refractivity contribution >= 4 is 5.91 Å². The summed E-state index contributed by atoms with van der Waals surface area (Å²) in [6.45, 7) is 1.00. The number of carbonyl (C=O) groups is 1. The van der Waals surface area contributed by atoms with Gasteiger partial charge >= 0.3 is 0 Å². The van der Waals surface area contributed by atoms with Crippen LogP contribution in [-0.2, 0) is 4.79 Å². The minimum atomic E-state index is 0.0735. The topological polar surface area (TPSA) is 41.1 Å². The smallest absolute Gasteiger partial charge is 0.237 e. The molecule has 1 atom stereocenters. The van der Waals surface area contributed by atoms with Crippen molar-refractivity contribution in [2.45, 2.75) is 69.9 Å². The van der Waals surface area contributed by atoms with Crippen LogP contribution in [0.25, 0.3) is 0 Å². The molecule has 1 unspecified atom stereocenters. The normalized spacial score (nSPS) is 28.4. The van der Waals surface area contributed by atoms with Crippen LogP contribution in [0.1, 0.15) is 57.8 Å². The lowest BCUT2D eigenvalue weighted by molar-refractivity contribution is -0.124. The van der Waals surface area contributed by atoms with Gasteiger partial charge in [-0.15, -0.1) is 0 Å². The quantitative estimate of drug-likeness (QED) is 0.753. The summed E-state index contributed by atoms with van der Waals surface area (Å²) in [6.07, 6.45) is 10.9. The highest BCUT2D eigenvalue weighted by Crippen LogP contribution is 2.18. The lowest BCUT2D eigenvalue weighted by Crippen LogP contribution is -2.47. The fourth-order valence-corrected chi connectivity index (χ4v) is 2.80. The molecule has 0 spiro atoms. The van der Waals surface area contributed by atoms with Gasteiger partial charge in [0.1, 0.15) is 0 Å². The molecule has 2 rings (SSSR count). The minimum Gasteiger partial charge on any atom is -0.352 e. The van der Waals surface area contributed by atoms with E-state index in [1.807, 2.05) is 0 Å². The average Bonchev–Trinajstić information content (AvgIpc) is 2.59. The standard InChI is InChI=1S/C13H24N2O/c16-13(12-9-5-2-6-10-14-12)15-11-7-3-1-4-8-11/h11-12,14H,1-10H2,(H,15,16). The second-order valence-electron chi connectivity index (χ2n) is 5.20. The van der Waals surface area contributed by atoms with E-state index in [1.54, 1.807) is 0 Å². The van der Waals surface area contributed by atoms with Crippen LogP contribution < -0.4 is 10.6 Å². The third kappa shape index (κ3) is 3.48. The van der Waals surface area contributed by atoms with Gasteiger partial charge in [0.05, 0.1) is 6.04 Å². The monoisotopic (exact) mass is 224 g/mol. The summed E-state index contributed by atoms with van der Waals surface area (Å²) >= 11 is 0. The maximum Gasteiger partial charge on any atom is 0.237 e. The molecular formula is C13H24N2O. The van der Waals surface area contributed by atoms with Crippen LogP contribution in [0.5, 0.6) is 0 Å². The van der Waals surface area contributed by atoms with Gasteiger partial charge in [0, 0.05) is 6.04 Å². The third-order valence-electron chi connectivity index (χ3n) is 3.83. The molecule has 3 heteroatoms. The van der Waals surface area contributed by atoms with Crippen molar-refractivity contribution in [3.63, 3.8) is 0 Å². The predicted octanol–water partition coefficient (Wildman–Crippen LogP) is 1.97. The molecule has 16 heavy (non-hydrogen) atoms. The molecule has 0 aromatic carbocycles. The van der Waals surface area contributed by atoms with E-state index >= 15 is 0 Å². The van der Waals surface area contributed by atoms with Crippen molar-refractivity contribution in [1.82, 2.24) is 10.6 Å². The Morgan fingerprint density at radius 2 is 1.62 bits per heavy atom. The zero-order chi connectivity index (χ0) is 11.2. The molecule has 0 radical (unpaired) electrons. The first-order valence-corrected chi connectivity index (χ1v) is 6.90. The van der Waals surface area contributed by atoms with Crippen molar-refractivity contribution < 1.29 is 4.79 Å². The van der Waals surface area contributed by atoms with Gasteiger partial charge in [0.2, 0.25) is 5.91 Å². The molecule has 92 valence electrons. The van der Waals surface area contributed by atoms with E-state index in [0.717, 1.165) is 13.0 Å². The molecule has 1 saturated carbocycles. The first-order chi connectivity index (χ1) is 7.86. The van der Waals surface area contributed by atoms with Crippen LogP contribution in [0, 0.1) is 0 Å². The molecule has 1 aliphatic heterocycles. The van der Waals surface area contributed by atoms with E-state index in [4.69, 9.17) is 0 Å². The number of amides is 1. The lowest BCUT2D eigenvalue weighted by atomic mass is 9.95. The summed E-state index contributed by atoms with van der Waals surface area (Å²) in [4.78, 5) is 12.0. The Kier molecular flexibility index (Phi) is 4.64. The van der Waals surface area contributed by atoms with Crippen molar-refractivity contribution in [3.8, 4) is 0 Å². The maximum atomic E-state index is 12.0. The minimum absolute atomic E-state index is 0.0735. The summed E-state index contributed by atoms with van der Waals surface area (Å²) in [7, 11) is 0. The van der Waals surface area contributed by atoms with E-state index < -0.39 is 0 Å². The van der Waals surface area contributed by atoms with Gasteiger partial charge in [-0.3, -0.25) is 4.79 Å². The summed E-state index contributed by atoms with van der Waals surface area (Å²) in [6, 6.07) is 0.524. The lowest BCUT2D eigenvalue weighted by Gasteiger charge is -2.25. The Morgan fingerprint density at radius 1 is 0.938 bits per heavy atom. The average molecular weight is 224 g/mol. The predicted molar refractivity (Wildman–Crippen MR) is 65.3 cm³/mol. The van der Waals surface area contributed by atoms with Gasteiger partial charge in [-0.1, -0.05) is 32.1 Å². The van der Waals surface area contributed by atoms with Gasteiger partial charge in [-0.25, -0.2) is 0 Å². The Morgan fingerprint density at radius 3 is 2.44 bits per heavy atom. The zero-order valence-electron chi connectivity index (χ0n) is 10.1. The van der Waals surface area contributed by atoms with Crippen LogP contribution in [0.15, 0.2) is 0 Å². The molecule has 0 aromatic heterocycles. The van der Waals surface area contributed by atoms with E-state index in [1.165, 1.54) is 51.4 Å². The van der Waals surface area contributed by atoms with Crippen molar-refractivity contribution in [1.29, 1.82) is 0 Å². The van der Waals surface area contributed by atoms with E-state index in [9.17, 15) is 4.79 Å². The van der Waals surface area contributed by atoms with E-state index in [-0.39, 0.29) is 11.9 Å². The van der Waals surface area contributed by atoms with Gasteiger partial charge in [-0.2, -0.15) is 0 Å². The van der Waals surface area contributed by atoms with Gasteiger partial charge in [0.25, 0.3) is 0 Å². The first kappa shape index (κ1) is 11.9. The summed E-state index contributed by atoms with van der Waals surface area (Å²) in [5.41, 5.74) is 0. The Balaban J connectivity index is 1.76. The molecule has 1 aliphatic carbocycles.